The van der Waals surface area contributed by atoms with Crippen molar-refractivity contribution in [2.24, 2.45) is 0 Å². The molecule has 0 aliphatic rings. The molecule has 0 saturated carbocycles. The summed E-state index contributed by atoms with van der Waals surface area (Å²) in [6, 6.07) is 17.9. The van der Waals surface area contributed by atoms with Crippen LogP contribution in [0, 0.1) is 35.3 Å². The molecule has 0 heterocycles. The van der Waals surface area contributed by atoms with Gasteiger partial charge in [-0.25, -0.2) is 8.78 Å². The largest absolute Gasteiger partial charge is 0.217 e. The van der Waals surface area contributed by atoms with Crippen molar-refractivity contribution in [2.45, 2.75) is 0 Å². The van der Waals surface area contributed by atoms with Crippen molar-refractivity contribution in [1.29, 1.82) is 0 Å². The van der Waals surface area contributed by atoms with E-state index in [1.165, 1.54) is 36.4 Å². The van der Waals surface area contributed by atoms with Gasteiger partial charge in [0.15, 0.2) is 0 Å². The van der Waals surface area contributed by atoms with Crippen LogP contribution in [0.1, 0.15) is 11.1 Å². The predicted molar refractivity (Wildman–Crippen MR) is 101 cm³/mol. The van der Waals surface area contributed by atoms with Crippen LogP contribution in [-0.2, 0) is 0 Å². The van der Waals surface area contributed by atoms with E-state index < -0.39 is 17.5 Å². The Kier molecular flexibility index (Phi) is 5.94. The van der Waals surface area contributed by atoms with Gasteiger partial charge in [-0.05, 0) is 71.5 Å². The van der Waals surface area contributed by atoms with Gasteiger partial charge in [-0.15, -0.1) is 0 Å². The summed E-state index contributed by atoms with van der Waals surface area (Å²) in [5, 5.41) is 0. The van der Waals surface area contributed by atoms with Crippen molar-refractivity contribution in [2.75, 3.05) is 0 Å². The molecule has 28 heavy (non-hydrogen) atoms. The molecule has 3 aromatic rings. The summed E-state index contributed by atoms with van der Waals surface area (Å²) in [7, 11) is 0. The van der Waals surface area contributed by atoms with Crippen molar-refractivity contribution < 1.29 is 17.6 Å². The van der Waals surface area contributed by atoms with Crippen molar-refractivity contribution in [3.8, 4) is 34.8 Å². The van der Waals surface area contributed by atoms with E-state index in [4.69, 9.17) is 0 Å². The third kappa shape index (κ3) is 5.13. The lowest BCUT2D eigenvalue weighted by Crippen LogP contribution is -1.81. The highest BCUT2D eigenvalue weighted by Gasteiger charge is 2.00. The Morgan fingerprint density at radius 2 is 0.821 bits per heavy atom. The summed E-state index contributed by atoms with van der Waals surface area (Å²) < 4.78 is 53.2. The normalized spacial score (nSPS) is 10.9. The second-order valence-electron chi connectivity index (χ2n) is 5.72. The molecule has 0 fully saturated rings. The van der Waals surface area contributed by atoms with E-state index in [9.17, 15) is 17.6 Å². The fourth-order valence-electron chi connectivity index (χ4n) is 2.29. The van der Waals surface area contributed by atoms with Crippen LogP contribution >= 0.6 is 0 Å². The summed E-state index contributed by atoms with van der Waals surface area (Å²) in [5.41, 5.74) is 2.51. The Balaban J connectivity index is 1.74. The van der Waals surface area contributed by atoms with E-state index in [0.717, 1.165) is 11.1 Å². The summed E-state index contributed by atoms with van der Waals surface area (Å²) in [6.07, 6.45) is 0. The SMILES string of the molecule is FC(C#Cc1ccc(F)cc1)=C(F)C#Cc1ccc(-c2ccc(F)cc2)cc1. The van der Waals surface area contributed by atoms with Crippen molar-refractivity contribution in [3.63, 3.8) is 0 Å². The zero-order chi connectivity index (χ0) is 19.9. The first-order valence-corrected chi connectivity index (χ1v) is 8.22. The van der Waals surface area contributed by atoms with E-state index in [1.54, 1.807) is 36.4 Å². The lowest BCUT2D eigenvalue weighted by atomic mass is 10.0. The van der Waals surface area contributed by atoms with Gasteiger partial charge in [0.05, 0.1) is 0 Å². The molecule has 0 saturated heterocycles. The molecule has 0 aliphatic carbocycles. The molecule has 3 rings (SSSR count). The van der Waals surface area contributed by atoms with E-state index >= 15 is 0 Å². The second-order valence-corrected chi connectivity index (χ2v) is 5.72. The van der Waals surface area contributed by atoms with Crippen LogP contribution in [0.5, 0.6) is 0 Å². The molecule has 0 bridgehead atoms. The molecule has 3 aromatic carbocycles. The molecule has 0 aliphatic heterocycles. The minimum absolute atomic E-state index is 0.321. The van der Waals surface area contributed by atoms with Gasteiger partial charge in [-0.2, -0.15) is 8.78 Å². The number of allylic oxidation sites excluding steroid dienone is 2. The van der Waals surface area contributed by atoms with Gasteiger partial charge in [-0.3, -0.25) is 0 Å². The van der Waals surface area contributed by atoms with Gasteiger partial charge in [-0.1, -0.05) is 36.1 Å². The number of benzene rings is 3. The topological polar surface area (TPSA) is 0 Å². The average Bonchev–Trinajstić information content (AvgIpc) is 2.72. The molecule has 0 amide bonds. The molecule has 4 heteroatoms. The van der Waals surface area contributed by atoms with Crippen molar-refractivity contribution in [1.82, 2.24) is 0 Å². The zero-order valence-electron chi connectivity index (χ0n) is 14.4. The van der Waals surface area contributed by atoms with Crippen LogP contribution in [-0.4, -0.2) is 0 Å². The summed E-state index contributed by atoms with van der Waals surface area (Å²) >= 11 is 0. The minimum Gasteiger partial charge on any atom is -0.207 e. The van der Waals surface area contributed by atoms with Crippen LogP contribution < -0.4 is 0 Å². The third-order valence-corrected chi connectivity index (χ3v) is 3.73. The molecule has 0 aromatic heterocycles. The van der Waals surface area contributed by atoms with Crippen LogP contribution in [0.3, 0.4) is 0 Å². The fourth-order valence-corrected chi connectivity index (χ4v) is 2.29. The first-order valence-electron chi connectivity index (χ1n) is 8.22. The summed E-state index contributed by atoms with van der Waals surface area (Å²) in [5.74, 6) is 5.69. The second kappa shape index (κ2) is 8.75. The molecular weight excluding hydrogens is 364 g/mol. The van der Waals surface area contributed by atoms with Gasteiger partial charge in [0.1, 0.15) is 11.6 Å². The number of hydrogen-bond donors (Lipinski definition) is 0. The molecule has 136 valence electrons. The fraction of sp³-hybridized carbons (Fsp3) is 0. The van der Waals surface area contributed by atoms with Crippen LogP contribution in [0.25, 0.3) is 11.1 Å². The Hall–Kier alpha value is -3.76. The van der Waals surface area contributed by atoms with Gasteiger partial charge >= 0.3 is 0 Å². The van der Waals surface area contributed by atoms with Gasteiger partial charge < -0.3 is 0 Å². The molecule has 0 nitrogen and oxygen atoms in total. The van der Waals surface area contributed by atoms with Crippen molar-refractivity contribution in [3.05, 3.63) is 107 Å². The molecular formula is C24H12F4. The van der Waals surface area contributed by atoms with Crippen LogP contribution in [0.2, 0.25) is 0 Å². The highest BCUT2D eigenvalue weighted by atomic mass is 19.2. The maximum absolute atomic E-state index is 13.8. The summed E-state index contributed by atoms with van der Waals surface area (Å²) in [6.45, 7) is 0. The molecule has 0 unspecified atom stereocenters. The highest BCUT2D eigenvalue weighted by molar-refractivity contribution is 5.64. The number of rotatable bonds is 1. The molecule has 0 spiro atoms. The van der Waals surface area contributed by atoms with Crippen LogP contribution in [0.15, 0.2) is 84.5 Å². The average molecular weight is 376 g/mol. The Bertz CT molecular complexity index is 1120. The Morgan fingerprint density at radius 1 is 0.500 bits per heavy atom. The quantitative estimate of drug-likeness (QED) is 0.351. The highest BCUT2D eigenvalue weighted by Crippen LogP contribution is 2.20. The maximum atomic E-state index is 13.8. The smallest absolute Gasteiger partial charge is 0.207 e. The van der Waals surface area contributed by atoms with Gasteiger partial charge in [0, 0.05) is 11.1 Å². The standard InChI is InChI=1S/C24H12F4/c25-21-11-3-18(4-12-21)6-16-24(28)23(27)15-5-17-1-7-19(8-2-17)20-9-13-22(26)14-10-20/h1-4,7-14H. The predicted octanol–water partition coefficient (Wildman–Crippen LogP) is 6.19. The Labute approximate surface area is 160 Å². The first-order chi connectivity index (χ1) is 13.5. The van der Waals surface area contributed by atoms with Crippen molar-refractivity contribution >= 4 is 0 Å². The Morgan fingerprint density at radius 3 is 1.25 bits per heavy atom. The maximum Gasteiger partial charge on any atom is 0.217 e. The monoisotopic (exact) mass is 376 g/mol. The lowest BCUT2D eigenvalue weighted by Gasteiger charge is -2.01. The van der Waals surface area contributed by atoms with E-state index in [0.29, 0.717) is 11.1 Å². The molecule has 0 N–H and O–H groups in total. The summed E-state index contributed by atoms with van der Waals surface area (Å²) in [4.78, 5) is 0. The third-order valence-electron chi connectivity index (χ3n) is 3.73. The molecule has 0 radical (unpaired) electrons. The van der Waals surface area contributed by atoms with Crippen LogP contribution in [0.4, 0.5) is 17.6 Å². The van der Waals surface area contributed by atoms with Gasteiger partial charge in [0.2, 0.25) is 11.7 Å². The van der Waals surface area contributed by atoms with E-state index in [1.807, 2.05) is 5.92 Å². The first kappa shape index (κ1) is 19.0. The minimum atomic E-state index is -1.29. The molecule has 0 atom stereocenters. The lowest BCUT2D eigenvalue weighted by molar-refractivity contribution is 0.584. The number of halogens is 4. The van der Waals surface area contributed by atoms with E-state index in [2.05, 4.69) is 17.8 Å². The van der Waals surface area contributed by atoms with Gasteiger partial charge in [0.25, 0.3) is 0 Å². The number of hydrogen-bond acceptors (Lipinski definition) is 0. The zero-order valence-corrected chi connectivity index (χ0v) is 14.4. The van der Waals surface area contributed by atoms with E-state index in [-0.39, 0.29) is 5.82 Å².